The van der Waals surface area contributed by atoms with Crippen molar-refractivity contribution in [2.75, 3.05) is 0 Å². The molecule has 0 bridgehead atoms. The molecule has 0 saturated carbocycles. The van der Waals surface area contributed by atoms with E-state index in [1.165, 1.54) is 19.4 Å². The molecular formula is C24H34N6O5. The number of hydrogen-bond acceptors (Lipinski definition) is 6. The van der Waals surface area contributed by atoms with Gasteiger partial charge in [0.05, 0.1) is 12.4 Å². The molecule has 0 saturated heterocycles. The summed E-state index contributed by atoms with van der Waals surface area (Å²) in [6.07, 6.45) is 3.62. The SMILES string of the molecule is CC(C)CC(N)C(=O)NC(Cc1cnc[nH]1)C(=O)NC(C)C(=O)NC(Cc1ccccc1)C(=O)O. The number of nitrogens with zero attached hydrogens (tertiary/aromatic N) is 1. The minimum Gasteiger partial charge on any atom is -0.480 e. The maximum Gasteiger partial charge on any atom is 0.326 e. The van der Waals surface area contributed by atoms with Crippen LogP contribution in [0.3, 0.4) is 0 Å². The summed E-state index contributed by atoms with van der Waals surface area (Å²) < 4.78 is 0. The summed E-state index contributed by atoms with van der Waals surface area (Å²) in [5.74, 6) is -2.75. The van der Waals surface area contributed by atoms with Gasteiger partial charge in [-0.1, -0.05) is 44.2 Å². The largest absolute Gasteiger partial charge is 0.480 e. The minimum atomic E-state index is -1.19. The summed E-state index contributed by atoms with van der Waals surface area (Å²) in [6, 6.07) is 4.87. The van der Waals surface area contributed by atoms with Gasteiger partial charge in [0.1, 0.15) is 18.1 Å². The second kappa shape index (κ2) is 13.2. The van der Waals surface area contributed by atoms with Crippen LogP contribution in [0.25, 0.3) is 0 Å². The number of imidazole rings is 1. The number of aromatic amines is 1. The third-order valence-corrected chi connectivity index (χ3v) is 5.32. The van der Waals surface area contributed by atoms with E-state index >= 15 is 0 Å². The van der Waals surface area contributed by atoms with Crippen LogP contribution in [0.4, 0.5) is 0 Å². The van der Waals surface area contributed by atoms with E-state index in [1.54, 1.807) is 24.3 Å². The summed E-state index contributed by atoms with van der Waals surface area (Å²) >= 11 is 0. The van der Waals surface area contributed by atoms with Crippen molar-refractivity contribution in [2.45, 2.75) is 64.2 Å². The lowest BCUT2D eigenvalue weighted by Gasteiger charge is -2.23. The molecule has 4 atom stereocenters. The number of carbonyl (C=O) groups is 4. The second-order valence-corrected chi connectivity index (χ2v) is 8.90. The third-order valence-electron chi connectivity index (χ3n) is 5.32. The molecule has 0 radical (unpaired) electrons. The van der Waals surface area contributed by atoms with Crippen molar-refractivity contribution in [3.63, 3.8) is 0 Å². The molecule has 0 spiro atoms. The lowest BCUT2D eigenvalue weighted by molar-refractivity contribution is -0.142. The molecule has 2 aromatic rings. The Balaban J connectivity index is 2.03. The summed E-state index contributed by atoms with van der Waals surface area (Å²) in [5, 5.41) is 17.2. The number of H-pyrrole nitrogens is 1. The van der Waals surface area contributed by atoms with E-state index in [-0.39, 0.29) is 18.8 Å². The molecule has 0 fully saturated rings. The van der Waals surface area contributed by atoms with Gasteiger partial charge < -0.3 is 31.8 Å². The molecule has 3 amide bonds. The Morgan fingerprint density at radius 1 is 0.943 bits per heavy atom. The maximum atomic E-state index is 13.0. The summed E-state index contributed by atoms with van der Waals surface area (Å²) in [5.41, 5.74) is 7.30. The fourth-order valence-corrected chi connectivity index (χ4v) is 3.45. The van der Waals surface area contributed by atoms with E-state index in [0.717, 1.165) is 5.56 Å². The average Bonchev–Trinajstić information content (AvgIpc) is 3.31. The Bertz CT molecular complexity index is 980. The molecular weight excluding hydrogens is 452 g/mol. The van der Waals surface area contributed by atoms with Crippen molar-refractivity contribution in [3.05, 3.63) is 54.1 Å². The number of nitrogens with two attached hydrogens (primary N) is 1. The predicted octanol–water partition coefficient (Wildman–Crippen LogP) is 0.127. The molecule has 0 aliphatic carbocycles. The number of carbonyl (C=O) groups excluding carboxylic acids is 3. The van der Waals surface area contributed by atoms with E-state index in [9.17, 15) is 24.3 Å². The summed E-state index contributed by atoms with van der Waals surface area (Å²) in [4.78, 5) is 56.6. The van der Waals surface area contributed by atoms with Crippen LogP contribution >= 0.6 is 0 Å². The predicted molar refractivity (Wildman–Crippen MR) is 129 cm³/mol. The molecule has 11 nitrogen and oxygen atoms in total. The lowest BCUT2D eigenvalue weighted by Crippen LogP contribution is -2.57. The van der Waals surface area contributed by atoms with Crippen LogP contribution in [0.1, 0.15) is 38.4 Å². The van der Waals surface area contributed by atoms with Crippen molar-refractivity contribution in [1.29, 1.82) is 0 Å². The van der Waals surface area contributed by atoms with Crippen molar-refractivity contribution < 1.29 is 24.3 Å². The van der Waals surface area contributed by atoms with Crippen LogP contribution < -0.4 is 21.7 Å². The highest BCUT2D eigenvalue weighted by Gasteiger charge is 2.29. The molecule has 0 aliphatic heterocycles. The zero-order chi connectivity index (χ0) is 26.0. The van der Waals surface area contributed by atoms with Crippen LogP contribution in [-0.2, 0) is 32.0 Å². The Morgan fingerprint density at radius 2 is 1.60 bits per heavy atom. The highest BCUT2D eigenvalue weighted by atomic mass is 16.4. The van der Waals surface area contributed by atoms with E-state index in [1.807, 2.05) is 19.9 Å². The van der Waals surface area contributed by atoms with Gasteiger partial charge >= 0.3 is 5.97 Å². The van der Waals surface area contributed by atoms with Gasteiger partial charge in [-0.3, -0.25) is 14.4 Å². The minimum absolute atomic E-state index is 0.0921. The van der Waals surface area contributed by atoms with Gasteiger partial charge in [0.15, 0.2) is 0 Å². The van der Waals surface area contributed by atoms with Gasteiger partial charge in [-0.15, -0.1) is 0 Å². The van der Waals surface area contributed by atoms with Crippen LogP contribution in [0.2, 0.25) is 0 Å². The van der Waals surface area contributed by atoms with E-state index in [2.05, 4.69) is 25.9 Å². The molecule has 35 heavy (non-hydrogen) atoms. The van der Waals surface area contributed by atoms with E-state index < -0.39 is 47.9 Å². The van der Waals surface area contributed by atoms with Crippen molar-refractivity contribution >= 4 is 23.7 Å². The Morgan fingerprint density at radius 3 is 2.17 bits per heavy atom. The van der Waals surface area contributed by atoms with E-state index in [0.29, 0.717) is 12.1 Å². The first kappa shape index (κ1) is 27.5. The second-order valence-electron chi connectivity index (χ2n) is 8.90. The lowest BCUT2D eigenvalue weighted by atomic mass is 10.0. The first-order valence-corrected chi connectivity index (χ1v) is 11.5. The fraction of sp³-hybridized carbons (Fsp3) is 0.458. The third kappa shape index (κ3) is 9.20. The van der Waals surface area contributed by atoms with Gasteiger partial charge in [-0.2, -0.15) is 0 Å². The summed E-state index contributed by atoms with van der Waals surface area (Å²) in [7, 11) is 0. The van der Waals surface area contributed by atoms with Crippen LogP contribution in [0, 0.1) is 5.92 Å². The first-order valence-electron chi connectivity index (χ1n) is 11.5. The Kier molecular flexibility index (Phi) is 10.4. The zero-order valence-corrected chi connectivity index (χ0v) is 20.2. The number of aliphatic carboxylic acids is 1. The molecule has 1 heterocycles. The highest BCUT2D eigenvalue weighted by molar-refractivity contribution is 5.94. The molecule has 7 N–H and O–H groups in total. The molecule has 4 unspecified atom stereocenters. The maximum absolute atomic E-state index is 13.0. The molecule has 190 valence electrons. The quantitative estimate of drug-likeness (QED) is 0.233. The summed E-state index contributed by atoms with van der Waals surface area (Å²) in [6.45, 7) is 5.31. The van der Waals surface area contributed by atoms with Gasteiger partial charge in [0.25, 0.3) is 0 Å². The van der Waals surface area contributed by atoms with E-state index in [4.69, 9.17) is 5.73 Å². The van der Waals surface area contributed by atoms with Gasteiger partial charge in [-0.05, 0) is 24.8 Å². The number of nitrogens with one attached hydrogen (secondary N) is 4. The first-order chi connectivity index (χ1) is 16.6. The Hall–Kier alpha value is -3.73. The topological polar surface area (TPSA) is 179 Å². The number of rotatable bonds is 13. The number of amides is 3. The number of carboxylic acids is 1. The van der Waals surface area contributed by atoms with Crippen molar-refractivity contribution in [2.24, 2.45) is 11.7 Å². The zero-order valence-electron chi connectivity index (χ0n) is 20.2. The van der Waals surface area contributed by atoms with Crippen LogP contribution in [0.5, 0.6) is 0 Å². The van der Waals surface area contributed by atoms with Crippen LogP contribution in [0.15, 0.2) is 42.9 Å². The number of benzene rings is 1. The molecule has 11 heteroatoms. The standard InChI is InChI=1S/C24H34N6O5/c1-14(2)9-18(25)22(32)29-19(11-17-12-26-13-27-17)23(33)28-15(3)21(31)30-20(24(34)35)10-16-7-5-4-6-8-16/h4-8,12-15,18-20H,9-11,25H2,1-3H3,(H,26,27)(H,28,33)(H,29,32)(H,30,31)(H,34,35). The van der Waals surface area contributed by atoms with Gasteiger partial charge in [-0.25, -0.2) is 9.78 Å². The molecule has 2 rings (SSSR count). The highest BCUT2D eigenvalue weighted by Crippen LogP contribution is 2.06. The Labute approximate surface area is 204 Å². The van der Waals surface area contributed by atoms with Gasteiger partial charge in [0, 0.05) is 24.7 Å². The normalized spacial score (nSPS) is 14.4. The van der Waals surface area contributed by atoms with Crippen molar-refractivity contribution in [1.82, 2.24) is 25.9 Å². The fourth-order valence-electron chi connectivity index (χ4n) is 3.45. The van der Waals surface area contributed by atoms with Crippen LogP contribution in [-0.4, -0.2) is 62.9 Å². The smallest absolute Gasteiger partial charge is 0.326 e. The number of aromatic nitrogens is 2. The molecule has 1 aromatic carbocycles. The molecule has 1 aromatic heterocycles. The number of carboxylic acid groups (broad SMARTS) is 1. The van der Waals surface area contributed by atoms with Gasteiger partial charge in [0.2, 0.25) is 17.7 Å². The monoisotopic (exact) mass is 486 g/mol. The van der Waals surface area contributed by atoms with Crippen molar-refractivity contribution in [3.8, 4) is 0 Å². The number of hydrogen-bond donors (Lipinski definition) is 6. The molecule has 0 aliphatic rings. The average molecular weight is 487 g/mol.